The Morgan fingerprint density at radius 2 is 2.40 bits per heavy atom. The van der Waals surface area contributed by atoms with Crippen LogP contribution in [0.1, 0.15) is 16.1 Å². The van der Waals surface area contributed by atoms with E-state index in [0.29, 0.717) is 12.3 Å². The lowest BCUT2D eigenvalue weighted by Gasteiger charge is -2.14. The molecule has 0 aromatic carbocycles. The third-order valence-electron chi connectivity index (χ3n) is 2.08. The summed E-state index contributed by atoms with van der Waals surface area (Å²) >= 11 is 1.63. The summed E-state index contributed by atoms with van der Waals surface area (Å²) in [6.45, 7) is 0.614. The average Bonchev–Trinajstić information content (AvgIpc) is 2.88. The van der Waals surface area contributed by atoms with E-state index in [4.69, 9.17) is 4.42 Å². The summed E-state index contributed by atoms with van der Waals surface area (Å²) in [5, 5.41) is 4.03. The summed E-state index contributed by atoms with van der Waals surface area (Å²) < 4.78 is 5.05. The van der Waals surface area contributed by atoms with Crippen LogP contribution in [0, 0.1) is 0 Å². The molecule has 2 aromatic heterocycles. The molecule has 0 N–H and O–H groups in total. The number of nitrogens with zero attached hydrogens (tertiary/aromatic N) is 1. The van der Waals surface area contributed by atoms with E-state index in [1.54, 1.807) is 35.4 Å². The van der Waals surface area contributed by atoms with Crippen LogP contribution in [-0.2, 0) is 6.54 Å². The molecule has 1 amide bonds. The Morgan fingerprint density at radius 3 is 3.00 bits per heavy atom. The van der Waals surface area contributed by atoms with Gasteiger partial charge in [-0.1, -0.05) is 0 Å². The zero-order chi connectivity index (χ0) is 10.7. The van der Waals surface area contributed by atoms with Gasteiger partial charge in [0.25, 0.3) is 5.91 Å². The van der Waals surface area contributed by atoms with Crippen LogP contribution in [0.25, 0.3) is 0 Å². The molecule has 0 fully saturated rings. The van der Waals surface area contributed by atoms with E-state index in [0.717, 1.165) is 5.56 Å². The van der Waals surface area contributed by atoms with Gasteiger partial charge < -0.3 is 9.32 Å². The zero-order valence-electron chi connectivity index (χ0n) is 8.34. The number of amides is 1. The number of carbonyl (C=O) groups excluding carboxylic acids is 1. The minimum Gasteiger partial charge on any atom is -0.459 e. The molecule has 4 heteroatoms. The highest BCUT2D eigenvalue weighted by Gasteiger charge is 2.14. The normalized spacial score (nSPS) is 10.2. The van der Waals surface area contributed by atoms with Crippen LogP contribution in [-0.4, -0.2) is 17.9 Å². The lowest BCUT2D eigenvalue weighted by Crippen LogP contribution is -2.25. The van der Waals surface area contributed by atoms with Gasteiger partial charge in [0.05, 0.1) is 6.26 Å². The number of hydrogen-bond acceptors (Lipinski definition) is 3. The van der Waals surface area contributed by atoms with Crippen molar-refractivity contribution in [2.45, 2.75) is 6.54 Å². The molecule has 15 heavy (non-hydrogen) atoms. The van der Waals surface area contributed by atoms with E-state index < -0.39 is 0 Å². The van der Waals surface area contributed by atoms with E-state index in [1.165, 1.54) is 6.26 Å². The monoisotopic (exact) mass is 221 g/mol. The highest BCUT2D eigenvalue weighted by atomic mass is 32.1. The van der Waals surface area contributed by atoms with Gasteiger partial charge in [-0.2, -0.15) is 11.3 Å². The third kappa shape index (κ3) is 2.27. The van der Waals surface area contributed by atoms with Crippen molar-refractivity contribution in [1.82, 2.24) is 4.90 Å². The second-order valence-electron chi connectivity index (χ2n) is 3.27. The molecule has 0 aliphatic rings. The van der Waals surface area contributed by atoms with Gasteiger partial charge >= 0.3 is 0 Å². The molecule has 0 aliphatic heterocycles. The first-order valence-corrected chi connectivity index (χ1v) is 5.51. The Kier molecular flexibility index (Phi) is 2.87. The van der Waals surface area contributed by atoms with Crippen LogP contribution < -0.4 is 0 Å². The van der Waals surface area contributed by atoms with Gasteiger partial charge in [0.2, 0.25) is 0 Å². The van der Waals surface area contributed by atoms with E-state index in [2.05, 4.69) is 0 Å². The highest BCUT2D eigenvalue weighted by Crippen LogP contribution is 2.11. The maximum Gasteiger partial charge on any atom is 0.289 e. The maximum atomic E-state index is 11.8. The Morgan fingerprint density at radius 1 is 1.53 bits per heavy atom. The van der Waals surface area contributed by atoms with Gasteiger partial charge in [-0.3, -0.25) is 4.79 Å². The van der Waals surface area contributed by atoms with Crippen LogP contribution in [0.3, 0.4) is 0 Å². The second-order valence-corrected chi connectivity index (χ2v) is 4.05. The molecule has 0 bridgehead atoms. The van der Waals surface area contributed by atoms with Gasteiger partial charge in [-0.05, 0) is 34.5 Å². The Bertz CT molecular complexity index is 419. The first kappa shape index (κ1) is 9.98. The minimum atomic E-state index is -0.0915. The van der Waals surface area contributed by atoms with Crippen molar-refractivity contribution < 1.29 is 9.21 Å². The summed E-state index contributed by atoms with van der Waals surface area (Å²) in [4.78, 5) is 13.4. The maximum absolute atomic E-state index is 11.8. The summed E-state index contributed by atoms with van der Waals surface area (Å²) in [7, 11) is 1.77. The fourth-order valence-electron chi connectivity index (χ4n) is 1.32. The molecule has 0 radical (unpaired) electrons. The Hall–Kier alpha value is -1.55. The number of rotatable bonds is 3. The molecule has 0 aliphatic carbocycles. The molecule has 2 heterocycles. The summed E-state index contributed by atoms with van der Waals surface area (Å²) in [5.74, 6) is 0.291. The van der Waals surface area contributed by atoms with Gasteiger partial charge in [0.1, 0.15) is 0 Å². The van der Waals surface area contributed by atoms with Crippen molar-refractivity contribution in [2.75, 3.05) is 7.05 Å². The van der Waals surface area contributed by atoms with Crippen molar-refractivity contribution in [3.05, 3.63) is 46.5 Å². The van der Waals surface area contributed by atoms with Crippen LogP contribution in [0.2, 0.25) is 0 Å². The smallest absolute Gasteiger partial charge is 0.289 e. The summed E-state index contributed by atoms with van der Waals surface area (Å²) in [6.07, 6.45) is 1.51. The molecule has 2 rings (SSSR count). The number of carbonyl (C=O) groups is 1. The molecule has 0 saturated carbocycles. The van der Waals surface area contributed by atoms with Gasteiger partial charge in [-0.15, -0.1) is 0 Å². The number of hydrogen-bond donors (Lipinski definition) is 0. The van der Waals surface area contributed by atoms with E-state index >= 15 is 0 Å². The fraction of sp³-hybridized carbons (Fsp3) is 0.182. The molecule has 78 valence electrons. The van der Waals surface area contributed by atoms with E-state index in [-0.39, 0.29) is 5.91 Å². The largest absolute Gasteiger partial charge is 0.459 e. The number of furan rings is 1. The quantitative estimate of drug-likeness (QED) is 0.798. The first-order chi connectivity index (χ1) is 7.27. The highest BCUT2D eigenvalue weighted by molar-refractivity contribution is 7.07. The zero-order valence-corrected chi connectivity index (χ0v) is 9.16. The van der Waals surface area contributed by atoms with E-state index in [9.17, 15) is 4.79 Å². The van der Waals surface area contributed by atoms with Crippen molar-refractivity contribution in [3.63, 3.8) is 0 Å². The molecule has 2 aromatic rings. The summed E-state index contributed by atoms with van der Waals surface area (Å²) in [6, 6.07) is 5.40. The molecule has 0 saturated heterocycles. The minimum absolute atomic E-state index is 0.0915. The molecule has 0 unspecified atom stereocenters. The van der Waals surface area contributed by atoms with Crippen LogP contribution in [0.5, 0.6) is 0 Å². The Labute approximate surface area is 91.9 Å². The second kappa shape index (κ2) is 4.31. The predicted octanol–water partition coefficient (Wildman–Crippen LogP) is 2.61. The predicted molar refractivity (Wildman–Crippen MR) is 58.8 cm³/mol. The molecular formula is C11H11NO2S. The number of thiophene rings is 1. The molecule has 0 atom stereocenters. The fourth-order valence-corrected chi connectivity index (χ4v) is 1.98. The van der Waals surface area contributed by atoms with Gasteiger partial charge in [0, 0.05) is 13.6 Å². The van der Waals surface area contributed by atoms with Crippen molar-refractivity contribution >= 4 is 17.2 Å². The first-order valence-electron chi connectivity index (χ1n) is 4.57. The lowest BCUT2D eigenvalue weighted by atomic mass is 10.3. The van der Waals surface area contributed by atoms with Crippen LogP contribution in [0.4, 0.5) is 0 Å². The van der Waals surface area contributed by atoms with E-state index in [1.807, 2.05) is 16.8 Å². The van der Waals surface area contributed by atoms with Crippen LogP contribution >= 0.6 is 11.3 Å². The average molecular weight is 221 g/mol. The van der Waals surface area contributed by atoms with Gasteiger partial charge in [-0.25, -0.2) is 0 Å². The molecule has 0 spiro atoms. The topological polar surface area (TPSA) is 33.5 Å². The lowest BCUT2D eigenvalue weighted by molar-refractivity contribution is 0.0753. The van der Waals surface area contributed by atoms with Crippen molar-refractivity contribution in [1.29, 1.82) is 0 Å². The molecular weight excluding hydrogens is 210 g/mol. The van der Waals surface area contributed by atoms with Crippen molar-refractivity contribution in [2.24, 2.45) is 0 Å². The van der Waals surface area contributed by atoms with Gasteiger partial charge in [0.15, 0.2) is 5.76 Å². The molecule has 3 nitrogen and oxygen atoms in total. The Balaban J connectivity index is 2.03. The summed E-state index contributed by atoms with van der Waals surface area (Å²) in [5.41, 5.74) is 1.14. The third-order valence-corrected chi connectivity index (χ3v) is 2.81. The van der Waals surface area contributed by atoms with Crippen molar-refractivity contribution in [3.8, 4) is 0 Å². The standard InChI is InChI=1S/C11H11NO2S/c1-12(7-9-4-6-15-8-9)11(13)10-3-2-5-14-10/h2-6,8H,7H2,1H3. The SMILES string of the molecule is CN(Cc1ccsc1)C(=O)c1ccco1. The van der Waals surface area contributed by atoms with Crippen LogP contribution in [0.15, 0.2) is 39.6 Å².